The third kappa shape index (κ3) is 4.21. The molecule has 0 heterocycles. The first-order valence-corrected chi connectivity index (χ1v) is 6.79. The number of allylic oxidation sites excluding steroid dienone is 1. The molecule has 0 saturated carbocycles. The molecule has 0 atom stereocenters. The number of hydrogen-bond acceptors (Lipinski definition) is 2. The van der Waals surface area contributed by atoms with Gasteiger partial charge in [-0.2, -0.15) is 0 Å². The van der Waals surface area contributed by atoms with E-state index >= 15 is 0 Å². The first kappa shape index (κ1) is 14.9. The third-order valence-electron chi connectivity index (χ3n) is 3.27. The van der Waals surface area contributed by atoms with E-state index in [2.05, 4.69) is 12.1 Å². The van der Waals surface area contributed by atoms with Crippen molar-refractivity contribution in [3.05, 3.63) is 77.4 Å². The summed E-state index contributed by atoms with van der Waals surface area (Å²) < 4.78 is 5.45. The van der Waals surface area contributed by atoms with Crippen LogP contribution in [0.3, 0.4) is 0 Å². The number of carbonyl (C=O) groups is 1. The molecule has 1 N–H and O–H groups in total. The predicted molar refractivity (Wildman–Crippen MR) is 82.7 cm³/mol. The normalized spacial score (nSPS) is 10.7. The second kappa shape index (κ2) is 7.29. The van der Waals surface area contributed by atoms with Crippen LogP contribution in [0.25, 0.3) is 0 Å². The van der Waals surface area contributed by atoms with Crippen molar-refractivity contribution >= 4 is 5.97 Å². The smallest absolute Gasteiger partial charge is 0.327 e. The lowest BCUT2D eigenvalue weighted by Gasteiger charge is -2.13. The van der Waals surface area contributed by atoms with Gasteiger partial charge in [-0.15, -0.1) is 0 Å². The molecule has 2 rings (SSSR count). The van der Waals surface area contributed by atoms with Gasteiger partial charge in [0.25, 0.3) is 0 Å². The van der Waals surface area contributed by atoms with Crippen LogP contribution in [0.4, 0.5) is 0 Å². The molecule has 2 aromatic carbocycles. The maximum atomic E-state index is 10.6. The van der Waals surface area contributed by atoms with Crippen molar-refractivity contribution in [1.29, 1.82) is 0 Å². The van der Waals surface area contributed by atoms with Crippen molar-refractivity contribution in [3.8, 4) is 5.75 Å². The topological polar surface area (TPSA) is 46.5 Å². The minimum atomic E-state index is -0.928. The number of aliphatic carboxylic acids is 1. The summed E-state index contributed by atoms with van der Waals surface area (Å²) in [6.07, 6.45) is 4.17. The van der Waals surface area contributed by atoms with Crippen molar-refractivity contribution in [2.45, 2.75) is 12.8 Å². The van der Waals surface area contributed by atoms with E-state index in [0.29, 0.717) is 6.42 Å². The average Bonchev–Trinajstić information content (AvgIpc) is 2.49. The van der Waals surface area contributed by atoms with Gasteiger partial charge in [0.2, 0.25) is 0 Å². The molecule has 0 spiro atoms. The highest BCUT2D eigenvalue weighted by Crippen LogP contribution is 2.26. The zero-order chi connectivity index (χ0) is 15.1. The summed E-state index contributed by atoms with van der Waals surface area (Å²) in [5, 5.41) is 8.69. The quantitative estimate of drug-likeness (QED) is 0.825. The molecule has 0 aliphatic carbocycles. The van der Waals surface area contributed by atoms with Crippen LogP contribution in [0.5, 0.6) is 5.75 Å². The van der Waals surface area contributed by atoms with Crippen molar-refractivity contribution in [2.24, 2.45) is 0 Å². The van der Waals surface area contributed by atoms with E-state index in [0.717, 1.165) is 23.3 Å². The van der Waals surface area contributed by atoms with E-state index in [1.165, 1.54) is 11.6 Å². The van der Waals surface area contributed by atoms with E-state index in [1.54, 1.807) is 13.2 Å². The highest BCUT2D eigenvalue weighted by Gasteiger charge is 2.09. The van der Waals surface area contributed by atoms with Crippen molar-refractivity contribution in [2.75, 3.05) is 7.11 Å². The molecule has 21 heavy (non-hydrogen) atoms. The SMILES string of the molecule is COc1cccc(C/C=C/C(=O)O)c1Cc1ccccc1. The Kier molecular flexibility index (Phi) is 5.16. The molecule has 3 nitrogen and oxygen atoms in total. The summed E-state index contributed by atoms with van der Waals surface area (Å²) in [4.78, 5) is 10.6. The second-order valence-corrected chi connectivity index (χ2v) is 4.71. The lowest BCUT2D eigenvalue weighted by molar-refractivity contribution is -0.131. The van der Waals surface area contributed by atoms with Gasteiger partial charge in [0.05, 0.1) is 7.11 Å². The van der Waals surface area contributed by atoms with Crippen LogP contribution in [-0.2, 0) is 17.6 Å². The zero-order valence-electron chi connectivity index (χ0n) is 12.0. The van der Waals surface area contributed by atoms with Crippen LogP contribution in [0.1, 0.15) is 16.7 Å². The summed E-state index contributed by atoms with van der Waals surface area (Å²) in [5.41, 5.74) is 3.38. The van der Waals surface area contributed by atoms with Crippen molar-refractivity contribution in [3.63, 3.8) is 0 Å². The lowest BCUT2D eigenvalue weighted by Crippen LogP contribution is -1.99. The second-order valence-electron chi connectivity index (χ2n) is 4.71. The van der Waals surface area contributed by atoms with Crippen molar-refractivity contribution < 1.29 is 14.6 Å². The summed E-state index contributed by atoms with van der Waals surface area (Å²) in [5.74, 6) is -0.0948. The van der Waals surface area contributed by atoms with Crippen LogP contribution in [0.15, 0.2) is 60.7 Å². The molecule has 0 aliphatic rings. The molecule has 0 aliphatic heterocycles. The predicted octanol–water partition coefficient (Wildman–Crippen LogP) is 3.47. The summed E-state index contributed by atoms with van der Waals surface area (Å²) >= 11 is 0. The molecule has 0 amide bonds. The van der Waals surface area contributed by atoms with Crippen LogP contribution < -0.4 is 4.74 Å². The summed E-state index contributed by atoms with van der Waals surface area (Å²) in [6, 6.07) is 16.0. The fourth-order valence-electron chi connectivity index (χ4n) is 2.28. The highest BCUT2D eigenvalue weighted by atomic mass is 16.5. The number of rotatable bonds is 6. The highest BCUT2D eigenvalue weighted by molar-refractivity contribution is 5.79. The van der Waals surface area contributed by atoms with E-state index in [4.69, 9.17) is 9.84 Å². The molecular weight excluding hydrogens is 264 g/mol. The Morgan fingerprint density at radius 3 is 2.57 bits per heavy atom. The summed E-state index contributed by atoms with van der Waals surface area (Å²) in [6.45, 7) is 0. The maximum Gasteiger partial charge on any atom is 0.327 e. The average molecular weight is 282 g/mol. The Hall–Kier alpha value is -2.55. The fraction of sp³-hybridized carbons (Fsp3) is 0.167. The first-order chi connectivity index (χ1) is 10.2. The number of hydrogen-bond donors (Lipinski definition) is 1. The molecule has 0 unspecified atom stereocenters. The summed E-state index contributed by atoms with van der Waals surface area (Å²) in [7, 11) is 1.65. The van der Waals surface area contributed by atoms with Gasteiger partial charge in [-0.1, -0.05) is 48.5 Å². The lowest BCUT2D eigenvalue weighted by atomic mass is 9.96. The largest absolute Gasteiger partial charge is 0.496 e. The van der Waals surface area contributed by atoms with Gasteiger partial charge in [0, 0.05) is 18.1 Å². The fourth-order valence-corrected chi connectivity index (χ4v) is 2.28. The van der Waals surface area contributed by atoms with Gasteiger partial charge in [0.15, 0.2) is 0 Å². The van der Waals surface area contributed by atoms with Crippen LogP contribution in [-0.4, -0.2) is 18.2 Å². The molecule has 0 aromatic heterocycles. The van der Waals surface area contributed by atoms with Gasteiger partial charge in [-0.25, -0.2) is 4.79 Å². The van der Waals surface area contributed by atoms with Crippen molar-refractivity contribution in [1.82, 2.24) is 0 Å². The van der Waals surface area contributed by atoms with Gasteiger partial charge >= 0.3 is 5.97 Å². The number of carboxylic acid groups (broad SMARTS) is 1. The van der Waals surface area contributed by atoms with Crippen LogP contribution >= 0.6 is 0 Å². The monoisotopic (exact) mass is 282 g/mol. The minimum absolute atomic E-state index is 0.575. The molecule has 0 saturated heterocycles. The molecule has 0 radical (unpaired) electrons. The molecule has 2 aromatic rings. The first-order valence-electron chi connectivity index (χ1n) is 6.79. The molecule has 0 fully saturated rings. The number of ether oxygens (including phenoxy) is 1. The van der Waals surface area contributed by atoms with E-state index in [-0.39, 0.29) is 0 Å². The van der Waals surface area contributed by atoms with Crippen LogP contribution in [0.2, 0.25) is 0 Å². The molecule has 108 valence electrons. The third-order valence-corrected chi connectivity index (χ3v) is 3.27. The number of carboxylic acids is 1. The van der Waals surface area contributed by atoms with E-state index in [1.807, 2.05) is 36.4 Å². The molecular formula is C18H18O3. The Balaban J connectivity index is 2.30. The van der Waals surface area contributed by atoms with Gasteiger partial charge < -0.3 is 9.84 Å². The number of benzene rings is 2. The van der Waals surface area contributed by atoms with Gasteiger partial charge in [0.1, 0.15) is 5.75 Å². The van der Waals surface area contributed by atoms with Crippen LogP contribution in [0, 0.1) is 0 Å². The molecule has 3 heteroatoms. The Bertz CT molecular complexity index is 630. The van der Waals surface area contributed by atoms with Gasteiger partial charge in [-0.3, -0.25) is 0 Å². The van der Waals surface area contributed by atoms with E-state index < -0.39 is 5.97 Å². The van der Waals surface area contributed by atoms with Gasteiger partial charge in [-0.05, 0) is 23.6 Å². The Morgan fingerprint density at radius 1 is 1.14 bits per heavy atom. The molecule has 0 bridgehead atoms. The minimum Gasteiger partial charge on any atom is -0.496 e. The Labute approximate surface area is 124 Å². The Morgan fingerprint density at radius 2 is 1.90 bits per heavy atom. The standard InChI is InChI=1S/C18H18O3/c1-21-17-11-5-9-15(10-6-12-18(19)20)16(17)13-14-7-3-2-4-8-14/h2-9,11-12H,10,13H2,1H3,(H,19,20)/b12-6+. The zero-order valence-corrected chi connectivity index (χ0v) is 12.0. The number of methoxy groups -OCH3 is 1. The maximum absolute atomic E-state index is 10.6. The van der Waals surface area contributed by atoms with E-state index in [9.17, 15) is 4.79 Å².